The highest BCUT2D eigenvalue weighted by molar-refractivity contribution is 5.91. The fourth-order valence-corrected chi connectivity index (χ4v) is 7.86. The van der Waals surface area contributed by atoms with Crippen molar-refractivity contribution in [3.05, 3.63) is 65.7 Å². The van der Waals surface area contributed by atoms with Crippen molar-refractivity contribution in [2.24, 2.45) is 0 Å². The molecule has 3 fully saturated rings. The summed E-state index contributed by atoms with van der Waals surface area (Å²) in [6.45, 7) is 9.98. The van der Waals surface area contributed by atoms with Crippen molar-refractivity contribution in [3.8, 4) is 5.75 Å². The van der Waals surface area contributed by atoms with E-state index in [1.165, 1.54) is 0 Å². The minimum absolute atomic E-state index is 0.0108. The number of ether oxygens (including phenoxy) is 1. The molecule has 0 saturated carbocycles. The van der Waals surface area contributed by atoms with Crippen LogP contribution >= 0.6 is 0 Å². The third kappa shape index (κ3) is 9.01. The number of urea groups is 1. The lowest BCUT2D eigenvalue weighted by Crippen LogP contribution is -2.56. The van der Waals surface area contributed by atoms with Gasteiger partial charge in [-0.15, -0.1) is 0 Å². The van der Waals surface area contributed by atoms with Gasteiger partial charge in [0.1, 0.15) is 5.75 Å². The Hall–Kier alpha value is -4.62. The summed E-state index contributed by atoms with van der Waals surface area (Å²) in [6.07, 6.45) is 4.18. The van der Waals surface area contributed by atoms with Gasteiger partial charge >= 0.3 is 18.1 Å². The van der Waals surface area contributed by atoms with E-state index in [0.29, 0.717) is 76.8 Å². The van der Waals surface area contributed by atoms with E-state index >= 15 is 0 Å². The second-order valence-electron chi connectivity index (χ2n) is 14.0. The Morgan fingerprint density at radius 1 is 0.902 bits per heavy atom. The van der Waals surface area contributed by atoms with Gasteiger partial charge in [-0.2, -0.15) is 0 Å². The van der Waals surface area contributed by atoms with Crippen LogP contribution in [0.4, 0.5) is 15.3 Å². The first-order valence-electron chi connectivity index (χ1n) is 18.2. The van der Waals surface area contributed by atoms with Crippen LogP contribution in [0.5, 0.6) is 5.75 Å². The number of carbonyl (C=O) groups is 4. The molecule has 4 aliphatic rings. The molecule has 0 spiro atoms. The number of piperazine rings is 1. The van der Waals surface area contributed by atoms with Gasteiger partial charge in [0.15, 0.2) is 6.10 Å². The largest absolute Gasteiger partial charge is 0.507 e. The van der Waals surface area contributed by atoms with Gasteiger partial charge < -0.3 is 39.9 Å². The molecule has 0 bridgehead atoms. The number of carboxylic acid groups (broad SMARTS) is 1. The van der Waals surface area contributed by atoms with Gasteiger partial charge in [0.25, 0.3) is 5.91 Å². The van der Waals surface area contributed by atoms with E-state index in [2.05, 4.69) is 21.7 Å². The first kappa shape index (κ1) is 36.2. The number of aromatic hydroxyl groups is 1. The van der Waals surface area contributed by atoms with Crippen molar-refractivity contribution in [2.45, 2.75) is 63.1 Å². The summed E-state index contributed by atoms with van der Waals surface area (Å²) in [5.74, 6) is -0.929. The van der Waals surface area contributed by atoms with E-state index < -0.39 is 18.2 Å². The Labute approximate surface area is 299 Å². The maximum absolute atomic E-state index is 14.1. The van der Waals surface area contributed by atoms with E-state index in [0.717, 1.165) is 49.2 Å². The normalized spacial score (nSPS) is 20.2. The average molecular weight is 703 g/mol. The topological polar surface area (TPSA) is 146 Å². The molecule has 4 aliphatic heterocycles. The zero-order valence-electron chi connectivity index (χ0n) is 29.3. The number of carbonyl (C=O) groups excluding carboxylic acids is 3. The molecule has 0 unspecified atom stereocenters. The van der Waals surface area contributed by atoms with Gasteiger partial charge in [0.05, 0.1) is 6.42 Å². The molecular formula is C38H50N6O7. The second kappa shape index (κ2) is 16.6. The van der Waals surface area contributed by atoms with Crippen LogP contribution in [0.15, 0.2) is 49.0 Å². The van der Waals surface area contributed by atoms with Crippen LogP contribution in [0.3, 0.4) is 0 Å². The number of benzene rings is 2. The number of aliphatic carboxylic acids is 1. The zero-order valence-corrected chi connectivity index (χ0v) is 29.3. The number of phenols is 1. The lowest BCUT2D eigenvalue weighted by atomic mass is 10.0. The summed E-state index contributed by atoms with van der Waals surface area (Å²) in [7, 11) is 0. The Balaban J connectivity index is 1.05. The number of hydrogen-bond acceptors (Lipinski definition) is 8. The molecule has 4 amide bonds. The lowest BCUT2D eigenvalue weighted by Gasteiger charge is -2.43. The Bertz CT molecular complexity index is 1580. The van der Waals surface area contributed by atoms with E-state index in [-0.39, 0.29) is 36.6 Å². The van der Waals surface area contributed by atoms with Crippen molar-refractivity contribution in [1.29, 1.82) is 0 Å². The Morgan fingerprint density at radius 2 is 1.61 bits per heavy atom. The van der Waals surface area contributed by atoms with Gasteiger partial charge in [0, 0.05) is 82.1 Å². The van der Waals surface area contributed by atoms with Crippen LogP contribution in [0.25, 0.3) is 6.08 Å². The summed E-state index contributed by atoms with van der Waals surface area (Å²) in [5, 5.41) is 22.2. The second-order valence-corrected chi connectivity index (χ2v) is 14.0. The molecule has 274 valence electrons. The molecule has 2 aromatic carbocycles. The number of piperidine rings is 2. The Kier molecular flexibility index (Phi) is 11.8. The first-order valence-corrected chi connectivity index (χ1v) is 18.2. The fraction of sp³-hybridized carbons (Fsp3) is 0.526. The smallest absolute Gasteiger partial charge is 0.410 e. The quantitative estimate of drug-likeness (QED) is 0.337. The molecule has 0 radical (unpaired) electrons. The number of fused-ring (bicyclic) bond motifs is 1. The van der Waals surface area contributed by atoms with Gasteiger partial charge in [-0.1, -0.05) is 36.9 Å². The number of hydrogen-bond donors (Lipinski definition) is 3. The molecule has 3 N–H and O–H groups in total. The highest BCUT2D eigenvalue weighted by Crippen LogP contribution is 2.26. The van der Waals surface area contributed by atoms with Crippen molar-refractivity contribution in [2.75, 3.05) is 70.8 Å². The van der Waals surface area contributed by atoms with Crippen LogP contribution in [0.2, 0.25) is 0 Å². The summed E-state index contributed by atoms with van der Waals surface area (Å²) < 4.78 is 6.03. The number of para-hydroxylation sites is 1. The number of rotatable bonds is 10. The van der Waals surface area contributed by atoms with Crippen LogP contribution in [0, 0.1) is 0 Å². The molecule has 2 aromatic rings. The predicted octanol–water partition coefficient (Wildman–Crippen LogP) is 3.72. The number of nitrogens with zero attached hydrogens (tertiary/aromatic N) is 5. The summed E-state index contributed by atoms with van der Waals surface area (Å²) in [6, 6.07) is 13.1. The van der Waals surface area contributed by atoms with Crippen molar-refractivity contribution in [3.63, 3.8) is 0 Å². The monoisotopic (exact) mass is 702 g/mol. The number of carboxylic acids is 1. The van der Waals surface area contributed by atoms with E-state index in [1.807, 2.05) is 29.2 Å². The zero-order chi connectivity index (χ0) is 35.9. The highest BCUT2D eigenvalue weighted by Gasteiger charge is 2.36. The molecule has 13 heteroatoms. The van der Waals surface area contributed by atoms with Gasteiger partial charge in [-0.05, 0) is 74.5 Å². The van der Waals surface area contributed by atoms with Crippen molar-refractivity contribution < 1.29 is 34.1 Å². The van der Waals surface area contributed by atoms with Crippen molar-refractivity contribution in [1.82, 2.24) is 24.5 Å². The van der Waals surface area contributed by atoms with Crippen LogP contribution in [-0.4, -0.2) is 142 Å². The third-order valence-electron chi connectivity index (χ3n) is 10.9. The molecule has 6 rings (SSSR count). The molecule has 0 aliphatic carbocycles. The average Bonchev–Trinajstić information content (AvgIpc) is 3.32. The number of likely N-dealkylation sites (tertiary alicyclic amines) is 2. The molecule has 51 heavy (non-hydrogen) atoms. The van der Waals surface area contributed by atoms with Crippen LogP contribution in [0.1, 0.15) is 48.8 Å². The minimum atomic E-state index is -1.05. The van der Waals surface area contributed by atoms with Gasteiger partial charge in [-0.25, -0.2) is 9.59 Å². The number of nitrogens with one attached hydrogen (secondary N) is 1. The van der Waals surface area contributed by atoms with Crippen LogP contribution in [-0.2, 0) is 27.2 Å². The third-order valence-corrected chi connectivity index (χ3v) is 10.9. The maximum Gasteiger partial charge on any atom is 0.410 e. The predicted molar refractivity (Wildman–Crippen MR) is 193 cm³/mol. The summed E-state index contributed by atoms with van der Waals surface area (Å²) in [5.41, 5.74) is 3.23. The van der Waals surface area contributed by atoms with E-state index in [1.54, 1.807) is 34.1 Å². The number of phenolic OH excluding ortho intramolecular Hbond substituents is 1. The van der Waals surface area contributed by atoms with Crippen molar-refractivity contribution >= 4 is 35.8 Å². The summed E-state index contributed by atoms with van der Waals surface area (Å²) in [4.78, 5) is 61.6. The first-order chi connectivity index (χ1) is 24.7. The SMILES string of the molecule is C=Cc1cc(C[C@@H](OC(=O)N2CCC(N3CCc4ccccc4NC3=O)CC2)C(=O)N2CCN(C3CCN(CCC(=O)O)CC3)CC2)ccc1O. The lowest BCUT2D eigenvalue weighted by molar-refractivity contribution is -0.143. The molecule has 0 aromatic heterocycles. The van der Waals surface area contributed by atoms with Gasteiger partial charge in [0.2, 0.25) is 0 Å². The highest BCUT2D eigenvalue weighted by atomic mass is 16.6. The van der Waals surface area contributed by atoms with E-state index in [9.17, 15) is 24.3 Å². The minimum Gasteiger partial charge on any atom is -0.507 e. The number of anilines is 1. The standard InChI is InChI=1S/C38H50N6O7/c1-2-28-25-27(7-8-33(28)45)26-34(36(48)42-23-21-41(22-24-42)30-10-15-40(16-11-30)17-14-35(46)47)51-38(50)43-18-12-31(13-19-43)44-20-9-29-5-3-4-6-32(29)39-37(44)49/h2-8,25,30-31,34,45H,1,9-24,26H2,(H,39,49)(H,46,47)/t34-/m1/s1. The molecule has 4 heterocycles. The van der Waals surface area contributed by atoms with Gasteiger partial charge in [-0.3, -0.25) is 14.5 Å². The molecule has 3 saturated heterocycles. The maximum atomic E-state index is 14.1. The summed E-state index contributed by atoms with van der Waals surface area (Å²) >= 11 is 0. The van der Waals surface area contributed by atoms with Crippen LogP contribution < -0.4 is 5.32 Å². The fourth-order valence-electron chi connectivity index (χ4n) is 7.86. The Morgan fingerprint density at radius 3 is 2.31 bits per heavy atom. The molecule has 1 atom stereocenters. The molecular weight excluding hydrogens is 652 g/mol. The van der Waals surface area contributed by atoms with E-state index in [4.69, 9.17) is 9.84 Å². The molecule has 13 nitrogen and oxygen atoms in total. The number of amides is 4.